The topological polar surface area (TPSA) is 107 Å². The predicted molar refractivity (Wildman–Crippen MR) is 95.6 cm³/mol. The van der Waals surface area contributed by atoms with Gasteiger partial charge in [0.05, 0.1) is 16.3 Å². The Labute approximate surface area is 156 Å². The van der Waals surface area contributed by atoms with Crippen molar-refractivity contribution in [2.75, 3.05) is 5.32 Å². The largest absolute Gasteiger partial charge is 0.322 e. The van der Waals surface area contributed by atoms with Crippen LogP contribution < -0.4 is 10.9 Å². The molecule has 0 saturated carbocycles. The quantitative estimate of drug-likeness (QED) is 0.536. The van der Waals surface area contributed by atoms with Crippen molar-refractivity contribution in [3.05, 3.63) is 86.7 Å². The lowest BCUT2D eigenvalue weighted by molar-refractivity contribution is -0.384. The van der Waals surface area contributed by atoms with Crippen LogP contribution in [0.3, 0.4) is 0 Å². The summed E-state index contributed by atoms with van der Waals surface area (Å²) in [4.78, 5) is 34.2. The molecule has 0 spiro atoms. The highest BCUT2D eigenvalue weighted by atomic mass is 19.1. The van der Waals surface area contributed by atoms with Crippen LogP contribution in [-0.2, 0) is 11.3 Å². The van der Waals surface area contributed by atoms with Crippen molar-refractivity contribution in [1.29, 1.82) is 0 Å². The van der Waals surface area contributed by atoms with Crippen LogP contribution in [0, 0.1) is 21.7 Å². The number of anilines is 1. The van der Waals surface area contributed by atoms with Gasteiger partial charge >= 0.3 is 0 Å². The molecule has 0 aliphatic rings. The number of amides is 1. The average Bonchev–Trinajstić information content (AvgIpc) is 2.66. The lowest BCUT2D eigenvalue weighted by Crippen LogP contribution is -2.29. The first-order valence-corrected chi connectivity index (χ1v) is 7.91. The molecule has 1 heterocycles. The van der Waals surface area contributed by atoms with E-state index in [9.17, 15) is 28.5 Å². The summed E-state index contributed by atoms with van der Waals surface area (Å²) in [5.41, 5.74) is -0.0799. The second-order valence-electron chi connectivity index (χ2n) is 5.69. The summed E-state index contributed by atoms with van der Waals surface area (Å²) in [5.74, 6) is -2.47. The molecule has 0 saturated heterocycles. The molecule has 1 N–H and O–H groups in total. The van der Waals surface area contributed by atoms with Crippen molar-refractivity contribution in [2.24, 2.45) is 0 Å². The summed E-state index contributed by atoms with van der Waals surface area (Å²) in [6.07, 6.45) is 0. The average molecular weight is 386 g/mol. The SMILES string of the molecule is O=C(Cn1nc(-c2ccc([N+](=O)[O-])cc2)ccc1=O)Nc1ccc(F)cc1F. The molecule has 0 fully saturated rings. The minimum Gasteiger partial charge on any atom is -0.322 e. The van der Waals surface area contributed by atoms with Crippen molar-refractivity contribution in [1.82, 2.24) is 9.78 Å². The van der Waals surface area contributed by atoms with Gasteiger partial charge in [0.1, 0.15) is 18.2 Å². The molecule has 0 bridgehead atoms. The molecule has 1 aromatic heterocycles. The van der Waals surface area contributed by atoms with Gasteiger partial charge in [0, 0.05) is 29.8 Å². The molecule has 3 rings (SSSR count). The van der Waals surface area contributed by atoms with Crippen molar-refractivity contribution < 1.29 is 18.5 Å². The fourth-order valence-corrected chi connectivity index (χ4v) is 2.39. The lowest BCUT2D eigenvalue weighted by atomic mass is 10.1. The van der Waals surface area contributed by atoms with Gasteiger partial charge in [-0.2, -0.15) is 5.10 Å². The number of nitrogens with zero attached hydrogens (tertiary/aromatic N) is 3. The van der Waals surface area contributed by atoms with Gasteiger partial charge in [0.25, 0.3) is 11.2 Å². The van der Waals surface area contributed by atoms with E-state index < -0.39 is 34.6 Å². The third-order valence-electron chi connectivity index (χ3n) is 3.74. The van der Waals surface area contributed by atoms with E-state index in [-0.39, 0.29) is 11.4 Å². The fraction of sp³-hybridized carbons (Fsp3) is 0.0556. The Kier molecular flexibility index (Phi) is 5.21. The van der Waals surface area contributed by atoms with Crippen LogP contribution >= 0.6 is 0 Å². The minimum absolute atomic E-state index is 0.0993. The highest BCUT2D eigenvalue weighted by Crippen LogP contribution is 2.20. The molecule has 1 amide bonds. The Morgan fingerprint density at radius 2 is 1.82 bits per heavy atom. The molecule has 0 aliphatic carbocycles. The molecule has 3 aromatic rings. The number of non-ortho nitro benzene ring substituents is 1. The van der Waals surface area contributed by atoms with E-state index >= 15 is 0 Å². The number of nitro groups is 1. The third-order valence-corrected chi connectivity index (χ3v) is 3.74. The summed E-state index contributed by atoms with van der Waals surface area (Å²) in [6.45, 7) is -0.504. The molecule has 28 heavy (non-hydrogen) atoms. The van der Waals surface area contributed by atoms with Crippen LogP contribution in [0.4, 0.5) is 20.2 Å². The molecule has 0 atom stereocenters. The number of carbonyl (C=O) groups excluding carboxylic acids is 1. The van der Waals surface area contributed by atoms with Gasteiger partial charge in [-0.25, -0.2) is 13.5 Å². The van der Waals surface area contributed by atoms with E-state index in [2.05, 4.69) is 10.4 Å². The third kappa shape index (κ3) is 4.23. The molecule has 2 aromatic carbocycles. The molecule has 0 unspecified atom stereocenters. The maximum Gasteiger partial charge on any atom is 0.269 e. The van der Waals surface area contributed by atoms with E-state index in [4.69, 9.17) is 0 Å². The van der Waals surface area contributed by atoms with Crippen LogP contribution in [0.5, 0.6) is 0 Å². The van der Waals surface area contributed by atoms with Crippen LogP contribution in [-0.4, -0.2) is 20.6 Å². The first kappa shape index (κ1) is 18.8. The summed E-state index contributed by atoms with van der Waals surface area (Å²) in [6, 6.07) is 10.8. The zero-order chi connectivity index (χ0) is 20.3. The van der Waals surface area contributed by atoms with Gasteiger partial charge in [-0.3, -0.25) is 19.7 Å². The van der Waals surface area contributed by atoms with Gasteiger partial charge in [0.15, 0.2) is 0 Å². The molecular formula is C18H12F2N4O4. The molecule has 0 aliphatic heterocycles. The second-order valence-corrected chi connectivity index (χ2v) is 5.69. The van der Waals surface area contributed by atoms with Crippen LogP contribution in [0.1, 0.15) is 0 Å². The standard InChI is InChI=1S/C18H12F2N4O4/c19-12-3-6-16(14(20)9-12)21-17(25)10-23-18(26)8-7-15(22-23)11-1-4-13(5-2-11)24(27)28/h1-9H,10H2,(H,21,25). The second kappa shape index (κ2) is 7.74. The zero-order valence-corrected chi connectivity index (χ0v) is 14.1. The predicted octanol–water partition coefficient (Wildman–Crippen LogP) is 2.74. The molecular weight excluding hydrogens is 374 g/mol. The maximum atomic E-state index is 13.6. The first-order chi connectivity index (χ1) is 13.3. The Hall–Kier alpha value is -3.95. The van der Waals surface area contributed by atoms with E-state index in [0.29, 0.717) is 17.3 Å². The van der Waals surface area contributed by atoms with Gasteiger partial charge in [-0.15, -0.1) is 0 Å². The first-order valence-electron chi connectivity index (χ1n) is 7.91. The van der Waals surface area contributed by atoms with Crippen LogP contribution in [0.15, 0.2) is 59.4 Å². The number of aromatic nitrogens is 2. The van der Waals surface area contributed by atoms with E-state index in [1.165, 1.54) is 36.4 Å². The van der Waals surface area contributed by atoms with E-state index in [1.807, 2.05) is 0 Å². The van der Waals surface area contributed by atoms with Crippen molar-refractivity contribution in [3.63, 3.8) is 0 Å². The van der Waals surface area contributed by atoms with Crippen molar-refractivity contribution >= 4 is 17.3 Å². The van der Waals surface area contributed by atoms with E-state index in [1.54, 1.807) is 0 Å². The normalized spacial score (nSPS) is 10.5. The number of nitrogens with one attached hydrogen (secondary N) is 1. The number of halogens is 2. The smallest absolute Gasteiger partial charge is 0.269 e. The monoisotopic (exact) mass is 386 g/mol. The number of carbonyl (C=O) groups is 1. The number of nitro benzene ring substituents is 1. The van der Waals surface area contributed by atoms with Crippen LogP contribution in [0.2, 0.25) is 0 Å². The molecule has 142 valence electrons. The highest BCUT2D eigenvalue weighted by Gasteiger charge is 2.12. The van der Waals surface area contributed by atoms with Gasteiger partial charge in [0.2, 0.25) is 5.91 Å². The number of hydrogen-bond acceptors (Lipinski definition) is 5. The Morgan fingerprint density at radius 1 is 1.11 bits per heavy atom. The number of benzene rings is 2. The number of hydrogen-bond donors (Lipinski definition) is 1. The van der Waals surface area contributed by atoms with Gasteiger partial charge in [-0.1, -0.05) is 0 Å². The maximum absolute atomic E-state index is 13.6. The Bertz CT molecular complexity index is 1110. The van der Waals surface area contributed by atoms with Gasteiger partial charge < -0.3 is 5.32 Å². The van der Waals surface area contributed by atoms with Crippen LogP contribution in [0.25, 0.3) is 11.3 Å². The Balaban J connectivity index is 1.80. The summed E-state index contributed by atoms with van der Waals surface area (Å²) in [7, 11) is 0. The van der Waals surface area contributed by atoms with Crippen molar-refractivity contribution in [2.45, 2.75) is 6.54 Å². The molecule has 10 heteroatoms. The number of rotatable bonds is 5. The minimum atomic E-state index is -0.951. The fourth-order valence-electron chi connectivity index (χ4n) is 2.39. The lowest BCUT2D eigenvalue weighted by Gasteiger charge is -2.09. The zero-order valence-electron chi connectivity index (χ0n) is 14.1. The highest BCUT2D eigenvalue weighted by molar-refractivity contribution is 5.90. The Morgan fingerprint density at radius 3 is 2.46 bits per heavy atom. The van der Waals surface area contributed by atoms with Gasteiger partial charge in [-0.05, 0) is 30.3 Å². The van der Waals surface area contributed by atoms with E-state index in [0.717, 1.165) is 16.8 Å². The summed E-state index contributed by atoms with van der Waals surface area (Å²) in [5, 5.41) is 17.0. The molecule has 0 radical (unpaired) electrons. The summed E-state index contributed by atoms with van der Waals surface area (Å²) < 4.78 is 27.4. The molecule has 8 nitrogen and oxygen atoms in total. The van der Waals surface area contributed by atoms with Crippen molar-refractivity contribution in [3.8, 4) is 11.3 Å². The summed E-state index contributed by atoms with van der Waals surface area (Å²) >= 11 is 0.